The molecule has 0 spiro atoms. The van der Waals surface area contributed by atoms with Crippen molar-refractivity contribution in [2.75, 3.05) is 0 Å². The van der Waals surface area contributed by atoms with Crippen LogP contribution in [0.25, 0.3) is 0 Å². The fourth-order valence-corrected chi connectivity index (χ4v) is 1.91. The number of rotatable bonds is 6. The van der Waals surface area contributed by atoms with Gasteiger partial charge >= 0.3 is 5.97 Å². The van der Waals surface area contributed by atoms with E-state index in [1.54, 1.807) is 0 Å². The van der Waals surface area contributed by atoms with Gasteiger partial charge in [-0.2, -0.15) is 0 Å². The highest BCUT2D eigenvalue weighted by atomic mass is 16.6. The number of hydrogen-bond acceptors (Lipinski definition) is 5. The van der Waals surface area contributed by atoms with Gasteiger partial charge in [-0.25, -0.2) is 0 Å². The third-order valence-electron chi connectivity index (χ3n) is 3.58. The molecule has 0 radical (unpaired) electrons. The van der Waals surface area contributed by atoms with Gasteiger partial charge in [0.2, 0.25) is 0 Å². The Kier molecular flexibility index (Phi) is 4.70. The lowest BCUT2D eigenvalue weighted by Gasteiger charge is -2.35. The Morgan fingerprint density at radius 3 is 2.19 bits per heavy atom. The second kappa shape index (κ2) is 5.79. The van der Waals surface area contributed by atoms with E-state index in [4.69, 9.17) is 5.11 Å². The van der Waals surface area contributed by atoms with E-state index in [1.165, 1.54) is 39.0 Å². The highest BCUT2D eigenvalue weighted by Gasteiger charge is 2.39. The first-order valence-electron chi connectivity index (χ1n) is 6.37. The smallest absolute Gasteiger partial charge is 0.308 e. The van der Waals surface area contributed by atoms with Crippen molar-refractivity contribution in [3.05, 3.63) is 39.4 Å². The van der Waals surface area contributed by atoms with Crippen LogP contribution < -0.4 is 0 Å². The number of para-hydroxylation sites is 1. The van der Waals surface area contributed by atoms with Crippen molar-refractivity contribution in [1.82, 2.24) is 0 Å². The Hall–Kier alpha value is -1.99. The molecule has 1 aromatic carbocycles. The number of nitrogens with zero attached hydrogens (tertiary/aromatic N) is 1. The largest absolute Gasteiger partial charge is 0.481 e. The first-order chi connectivity index (χ1) is 9.45. The number of carbonyl (C=O) groups is 1. The van der Waals surface area contributed by atoms with E-state index in [2.05, 4.69) is 0 Å². The summed E-state index contributed by atoms with van der Waals surface area (Å²) in [4.78, 5) is 21.4. The molecule has 0 bridgehead atoms. The summed E-state index contributed by atoms with van der Waals surface area (Å²) in [7, 11) is 0. The van der Waals surface area contributed by atoms with Crippen molar-refractivity contribution >= 4 is 11.7 Å². The van der Waals surface area contributed by atoms with E-state index in [1.807, 2.05) is 0 Å². The number of hydrogen-bond donors (Lipinski definition) is 3. The molecule has 1 aromatic rings. The summed E-state index contributed by atoms with van der Waals surface area (Å²) in [6.07, 6.45) is -0.644. The first kappa shape index (κ1) is 17.1. The number of benzene rings is 1. The van der Waals surface area contributed by atoms with Crippen molar-refractivity contribution in [2.24, 2.45) is 0 Å². The van der Waals surface area contributed by atoms with Crippen LogP contribution in [0.2, 0.25) is 0 Å². The number of carboxylic acid groups (broad SMARTS) is 1. The highest BCUT2D eigenvalue weighted by molar-refractivity contribution is 5.72. The average Bonchev–Trinajstić information content (AvgIpc) is 2.25. The van der Waals surface area contributed by atoms with E-state index in [9.17, 15) is 25.1 Å². The van der Waals surface area contributed by atoms with Crippen LogP contribution in [-0.4, -0.2) is 37.4 Å². The lowest BCUT2D eigenvalue weighted by molar-refractivity contribution is -0.386. The monoisotopic (exact) mass is 297 g/mol. The standard InChI is InChI=1S/C14H19NO6/c1-13(2,18)14(3,19)8-10-6-4-5-9(7-11(16)17)12(10)15(20)21/h4-6,18-19H,7-8H2,1-3H3,(H,16,17). The topological polar surface area (TPSA) is 121 Å². The molecule has 0 aromatic heterocycles. The van der Waals surface area contributed by atoms with Gasteiger partial charge in [-0.1, -0.05) is 18.2 Å². The van der Waals surface area contributed by atoms with Crippen LogP contribution >= 0.6 is 0 Å². The Labute approximate surface area is 122 Å². The number of nitro groups is 1. The highest BCUT2D eigenvalue weighted by Crippen LogP contribution is 2.32. The van der Waals surface area contributed by atoms with Gasteiger partial charge in [-0.15, -0.1) is 0 Å². The van der Waals surface area contributed by atoms with Gasteiger partial charge in [0.05, 0.1) is 22.5 Å². The Morgan fingerprint density at radius 2 is 1.76 bits per heavy atom. The number of aliphatic carboxylic acids is 1. The van der Waals surface area contributed by atoms with E-state index in [0.29, 0.717) is 0 Å². The van der Waals surface area contributed by atoms with Gasteiger partial charge in [0.25, 0.3) is 5.69 Å². The van der Waals surface area contributed by atoms with Crippen LogP contribution in [0, 0.1) is 10.1 Å². The van der Waals surface area contributed by atoms with Crippen molar-refractivity contribution < 1.29 is 25.0 Å². The summed E-state index contributed by atoms with van der Waals surface area (Å²) in [5.74, 6) is -1.18. The first-order valence-corrected chi connectivity index (χ1v) is 6.37. The maximum absolute atomic E-state index is 11.2. The maximum atomic E-state index is 11.2. The van der Waals surface area contributed by atoms with Crippen LogP contribution in [0.3, 0.4) is 0 Å². The predicted octanol–water partition coefficient (Wildman–Crippen LogP) is 1.29. The van der Waals surface area contributed by atoms with Gasteiger partial charge in [0, 0.05) is 17.5 Å². The Morgan fingerprint density at radius 1 is 1.24 bits per heavy atom. The van der Waals surface area contributed by atoms with Gasteiger partial charge in [0.15, 0.2) is 0 Å². The number of carboxylic acids is 1. The van der Waals surface area contributed by atoms with Crippen molar-refractivity contribution in [1.29, 1.82) is 0 Å². The molecule has 0 amide bonds. The van der Waals surface area contributed by atoms with Gasteiger partial charge in [-0.3, -0.25) is 14.9 Å². The fourth-order valence-electron chi connectivity index (χ4n) is 1.91. The van der Waals surface area contributed by atoms with E-state index >= 15 is 0 Å². The van der Waals surface area contributed by atoms with Crippen LogP contribution in [-0.2, 0) is 17.6 Å². The molecule has 0 fully saturated rings. The lowest BCUT2D eigenvalue weighted by atomic mass is 9.81. The molecule has 0 aliphatic rings. The molecule has 3 N–H and O–H groups in total. The zero-order valence-electron chi connectivity index (χ0n) is 12.2. The Balaban J connectivity index is 3.31. The minimum absolute atomic E-state index is 0.0662. The molecular weight excluding hydrogens is 278 g/mol. The van der Waals surface area contributed by atoms with E-state index < -0.39 is 28.5 Å². The normalized spacial score (nSPS) is 14.5. The molecule has 1 unspecified atom stereocenters. The SMILES string of the molecule is CC(C)(O)C(C)(O)Cc1cccc(CC(=O)O)c1[N+](=O)[O-]. The molecular formula is C14H19NO6. The average molecular weight is 297 g/mol. The summed E-state index contributed by atoms with van der Waals surface area (Å²) in [5.41, 5.74) is -3.14. The molecule has 0 aliphatic carbocycles. The zero-order chi connectivity index (χ0) is 16.4. The summed E-state index contributed by atoms with van der Waals surface area (Å²) >= 11 is 0. The van der Waals surface area contributed by atoms with Crippen molar-refractivity contribution in [2.45, 2.75) is 44.8 Å². The van der Waals surface area contributed by atoms with Crippen LogP contribution in [0.5, 0.6) is 0 Å². The lowest BCUT2D eigenvalue weighted by Crippen LogP contribution is -2.49. The quantitative estimate of drug-likeness (QED) is 0.537. The zero-order valence-corrected chi connectivity index (χ0v) is 12.2. The molecule has 21 heavy (non-hydrogen) atoms. The summed E-state index contributed by atoms with van der Waals surface area (Å²) < 4.78 is 0. The number of nitro benzene ring substituents is 1. The molecule has 0 saturated heterocycles. The molecule has 0 saturated carbocycles. The summed E-state index contributed by atoms with van der Waals surface area (Å²) in [6.45, 7) is 4.18. The maximum Gasteiger partial charge on any atom is 0.308 e. The van der Waals surface area contributed by atoms with Gasteiger partial charge in [0.1, 0.15) is 0 Å². The molecule has 1 atom stereocenters. The minimum atomic E-state index is -1.60. The molecule has 116 valence electrons. The third-order valence-corrected chi connectivity index (χ3v) is 3.58. The van der Waals surface area contributed by atoms with Crippen LogP contribution in [0.4, 0.5) is 5.69 Å². The van der Waals surface area contributed by atoms with E-state index in [0.717, 1.165) is 0 Å². The molecule has 1 rings (SSSR count). The summed E-state index contributed by atoms with van der Waals surface area (Å²) in [6, 6.07) is 4.32. The molecule has 7 heteroatoms. The third kappa shape index (κ3) is 3.99. The predicted molar refractivity (Wildman–Crippen MR) is 75.1 cm³/mol. The summed E-state index contributed by atoms with van der Waals surface area (Å²) in [5, 5.41) is 40.3. The molecule has 7 nitrogen and oxygen atoms in total. The van der Waals surface area contributed by atoms with Crippen LogP contribution in [0.1, 0.15) is 31.9 Å². The second-order valence-corrected chi connectivity index (χ2v) is 5.76. The van der Waals surface area contributed by atoms with E-state index in [-0.39, 0.29) is 23.2 Å². The Bertz CT molecular complexity index is 559. The van der Waals surface area contributed by atoms with Crippen molar-refractivity contribution in [3.8, 4) is 0 Å². The number of aliphatic hydroxyl groups is 2. The van der Waals surface area contributed by atoms with Crippen LogP contribution in [0.15, 0.2) is 18.2 Å². The second-order valence-electron chi connectivity index (χ2n) is 5.76. The molecule has 0 heterocycles. The minimum Gasteiger partial charge on any atom is -0.481 e. The molecule has 0 aliphatic heterocycles. The fraction of sp³-hybridized carbons (Fsp3) is 0.500. The van der Waals surface area contributed by atoms with Gasteiger partial charge < -0.3 is 15.3 Å². The van der Waals surface area contributed by atoms with Crippen molar-refractivity contribution in [3.63, 3.8) is 0 Å². The van der Waals surface area contributed by atoms with Gasteiger partial charge in [-0.05, 0) is 20.8 Å².